The third kappa shape index (κ3) is 2.67. The van der Waals surface area contributed by atoms with E-state index in [0.29, 0.717) is 5.92 Å². The van der Waals surface area contributed by atoms with Crippen molar-refractivity contribution in [2.75, 3.05) is 33.8 Å². The van der Waals surface area contributed by atoms with Crippen molar-refractivity contribution in [3.63, 3.8) is 0 Å². The van der Waals surface area contributed by atoms with Crippen molar-refractivity contribution in [2.24, 2.45) is 21.6 Å². The van der Waals surface area contributed by atoms with Crippen LogP contribution in [-0.4, -0.2) is 51.2 Å². The number of hydrogen-bond donors (Lipinski definition) is 1. The van der Waals surface area contributed by atoms with Crippen molar-refractivity contribution in [3.8, 4) is 5.75 Å². The molecule has 0 bridgehead atoms. The Bertz CT molecular complexity index is 507. The molecule has 0 radical (unpaired) electrons. The fourth-order valence-electron chi connectivity index (χ4n) is 2.62. The van der Waals surface area contributed by atoms with E-state index >= 15 is 0 Å². The zero-order chi connectivity index (χ0) is 14.5. The van der Waals surface area contributed by atoms with Crippen molar-refractivity contribution in [3.05, 3.63) is 23.8 Å². The van der Waals surface area contributed by atoms with Crippen molar-refractivity contribution >= 4 is 18.2 Å². The van der Waals surface area contributed by atoms with Gasteiger partial charge in [-0.15, -0.1) is 0 Å². The summed E-state index contributed by atoms with van der Waals surface area (Å²) in [5.41, 5.74) is 7.31. The van der Waals surface area contributed by atoms with Gasteiger partial charge in [0.1, 0.15) is 17.3 Å². The van der Waals surface area contributed by atoms with Gasteiger partial charge >= 0.3 is 0 Å². The van der Waals surface area contributed by atoms with Crippen LogP contribution in [-0.2, 0) is 0 Å². The quantitative estimate of drug-likeness (QED) is 0.656. The van der Waals surface area contributed by atoms with Crippen molar-refractivity contribution < 1.29 is 4.74 Å². The van der Waals surface area contributed by atoms with E-state index in [1.165, 1.54) is 0 Å². The summed E-state index contributed by atoms with van der Waals surface area (Å²) in [6.07, 6.45) is 1.07. The predicted octanol–water partition coefficient (Wildman–Crippen LogP) is 1.68. The van der Waals surface area contributed by atoms with Gasteiger partial charge in [0.2, 0.25) is 0 Å². The summed E-state index contributed by atoms with van der Waals surface area (Å²) in [6.45, 7) is 6.39. The highest BCUT2D eigenvalue weighted by Crippen LogP contribution is 2.33. The van der Waals surface area contributed by atoms with Gasteiger partial charge in [0.05, 0.1) is 7.11 Å². The summed E-state index contributed by atoms with van der Waals surface area (Å²) in [7, 11) is 3.44. The minimum absolute atomic E-state index is 0.669. The minimum Gasteiger partial charge on any atom is -0.494 e. The van der Waals surface area contributed by atoms with Crippen LogP contribution in [0.1, 0.15) is 12.0 Å². The molecule has 1 heterocycles. The topological polar surface area (TPSA) is 63.2 Å². The molecule has 5 nitrogen and oxygen atoms in total. The highest BCUT2D eigenvalue weighted by atomic mass is 16.5. The Hall–Kier alpha value is -1.88. The molecule has 0 spiro atoms. The second kappa shape index (κ2) is 6.52. The first-order chi connectivity index (χ1) is 9.74. The number of ether oxygens (including phenoxy) is 1. The molecule has 1 saturated heterocycles. The van der Waals surface area contributed by atoms with E-state index in [1.54, 1.807) is 14.2 Å². The van der Waals surface area contributed by atoms with Crippen LogP contribution < -0.4 is 10.5 Å². The molecule has 0 aromatic heterocycles. The molecule has 1 fully saturated rings. The number of para-hydroxylation sites is 1. The molecule has 5 heteroatoms. The molecular weight excluding hydrogens is 252 g/mol. The normalized spacial score (nSPS) is 15.9. The average Bonchev–Trinajstić information content (AvgIpc) is 2.44. The number of aliphatic imine (C=N–C) groups is 2. The summed E-state index contributed by atoms with van der Waals surface area (Å²) >= 11 is 0. The van der Waals surface area contributed by atoms with E-state index < -0.39 is 0 Å². The van der Waals surface area contributed by atoms with Gasteiger partial charge in [-0.25, -0.2) is 0 Å². The van der Waals surface area contributed by atoms with Crippen molar-refractivity contribution in [1.29, 1.82) is 0 Å². The first-order valence-corrected chi connectivity index (χ1v) is 6.81. The van der Waals surface area contributed by atoms with Crippen LogP contribution in [0.3, 0.4) is 0 Å². The molecular formula is C15H22N4O. The summed E-state index contributed by atoms with van der Waals surface area (Å²) < 4.78 is 5.34. The summed E-state index contributed by atoms with van der Waals surface area (Å²) in [4.78, 5) is 10.8. The summed E-state index contributed by atoms with van der Waals surface area (Å²) in [6, 6.07) is 5.84. The molecule has 1 aliphatic heterocycles. The molecule has 0 unspecified atom stereocenters. The third-order valence-electron chi connectivity index (χ3n) is 3.66. The number of amidine groups is 1. The zero-order valence-corrected chi connectivity index (χ0v) is 12.2. The lowest BCUT2D eigenvalue weighted by molar-refractivity contribution is 0.180. The Morgan fingerprint density at radius 2 is 2.25 bits per heavy atom. The molecule has 1 aliphatic rings. The molecule has 2 N–H and O–H groups in total. The van der Waals surface area contributed by atoms with Crippen LogP contribution in [0.2, 0.25) is 0 Å². The standard InChI is InChI=1S/C15H22N4O/c1-17-14-12(5-4-6-13(14)20-3)15(18-2)19-9-11(10-19)7-8-16/h4-6,11H,1,7-10,16H2,2-3H3/b18-15+. The van der Waals surface area contributed by atoms with E-state index in [4.69, 9.17) is 10.5 Å². The number of likely N-dealkylation sites (tertiary alicyclic amines) is 1. The first kappa shape index (κ1) is 14.5. The lowest BCUT2D eigenvalue weighted by Gasteiger charge is -2.41. The monoisotopic (exact) mass is 274 g/mol. The lowest BCUT2D eigenvalue weighted by atomic mass is 9.95. The van der Waals surface area contributed by atoms with Crippen LogP contribution >= 0.6 is 0 Å². The van der Waals surface area contributed by atoms with Crippen LogP contribution in [0.25, 0.3) is 0 Å². The Balaban J connectivity index is 2.24. The second-order valence-electron chi connectivity index (χ2n) is 4.91. The maximum absolute atomic E-state index is 5.60. The summed E-state index contributed by atoms with van der Waals surface area (Å²) in [5.74, 6) is 2.33. The summed E-state index contributed by atoms with van der Waals surface area (Å²) in [5, 5.41) is 0. The number of hydrogen-bond acceptors (Lipinski definition) is 4. The van der Waals surface area contributed by atoms with Crippen molar-refractivity contribution in [1.82, 2.24) is 4.90 Å². The van der Waals surface area contributed by atoms with Gasteiger partial charge in [-0.2, -0.15) is 0 Å². The van der Waals surface area contributed by atoms with Crippen molar-refractivity contribution in [2.45, 2.75) is 6.42 Å². The van der Waals surface area contributed by atoms with E-state index in [0.717, 1.165) is 48.9 Å². The predicted molar refractivity (Wildman–Crippen MR) is 83.4 cm³/mol. The van der Waals surface area contributed by atoms with Gasteiger partial charge in [0.15, 0.2) is 0 Å². The van der Waals surface area contributed by atoms with E-state index in [2.05, 4.69) is 21.6 Å². The Labute approximate surface area is 120 Å². The Morgan fingerprint density at radius 3 is 2.80 bits per heavy atom. The van der Waals surface area contributed by atoms with E-state index in [-0.39, 0.29) is 0 Å². The number of nitrogens with two attached hydrogens (primary N) is 1. The number of methoxy groups -OCH3 is 1. The molecule has 0 aliphatic carbocycles. The fourth-order valence-corrected chi connectivity index (χ4v) is 2.62. The van der Waals surface area contributed by atoms with Gasteiger partial charge in [0, 0.05) is 25.7 Å². The SMILES string of the molecule is C=Nc1c(OC)cccc1/C(=N\C)N1CC(CCN)C1. The largest absolute Gasteiger partial charge is 0.494 e. The zero-order valence-electron chi connectivity index (χ0n) is 12.2. The van der Waals surface area contributed by atoms with Crippen LogP contribution in [0, 0.1) is 5.92 Å². The van der Waals surface area contributed by atoms with Crippen LogP contribution in [0.4, 0.5) is 5.69 Å². The highest BCUT2D eigenvalue weighted by molar-refractivity contribution is 6.04. The lowest BCUT2D eigenvalue weighted by Crippen LogP contribution is -2.50. The van der Waals surface area contributed by atoms with Crippen LogP contribution in [0.5, 0.6) is 5.75 Å². The Morgan fingerprint density at radius 1 is 1.50 bits per heavy atom. The van der Waals surface area contributed by atoms with Gasteiger partial charge in [-0.05, 0) is 37.7 Å². The van der Waals surface area contributed by atoms with Gasteiger partial charge in [-0.1, -0.05) is 6.07 Å². The molecule has 0 amide bonds. The van der Waals surface area contributed by atoms with E-state index in [9.17, 15) is 0 Å². The van der Waals surface area contributed by atoms with Gasteiger partial charge in [-0.3, -0.25) is 9.98 Å². The maximum atomic E-state index is 5.60. The highest BCUT2D eigenvalue weighted by Gasteiger charge is 2.30. The Kier molecular flexibility index (Phi) is 4.74. The van der Waals surface area contributed by atoms with Gasteiger partial charge in [0.25, 0.3) is 0 Å². The molecule has 2 rings (SSSR count). The molecule has 1 aromatic rings. The third-order valence-corrected chi connectivity index (χ3v) is 3.66. The molecule has 20 heavy (non-hydrogen) atoms. The molecule has 0 saturated carbocycles. The smallest absolute Gasteiger partial charge is 0.145 e. The van der Waals surface area contributed by atoms with E-state index in [1.807, 2.05) is 18.2 Å². The maximum Gasteiger partial charge on any atom is 0.145 e. The second-order valence-corrected chi connectivity index (χ2v) is 4.91. The molecule has 0 atom stereocenters. The molecule has 1 aromatic carbocycles. The minimum atomic E-state index is 0.669. The van der Waals surface area contributed by atoms with Gasteiger partial charge < -0.3 is 15.4 Å². The molecule has 108 valence electrons. The number of nitrogens with zero attached hydrogens (tertiary/aromatic N) is 3. The first-order valence-electron chi connectivity index (χ1n) is 6.81. The number of benzene rings is 1. The average molecular weight is 274 g/mol. The number of rotatable bonds is 5. The fraction of sp³-hybridized carbons (Fsp3) is 0.467. The van der Waals surface area contributed by atoms with Crippen LogP contribution in [0.15, 0.2) is 28.2 Å².